The average molecular weight is 281 g/mol. The average Bonchev–Trinajstić information content (AvgIpc) is 2.93. The summed E-state index contributed by atoms with van der Waals surface area (Å²) >= 11 is 0. The van der Waals surface area contributed by atoms with Crippen LogP contribution in [0.3, 0.4) is 0 Å². The quantitative estimate of drug-likeness (QED) is 0.767. The molecule has 2 aromatic carbocycles. The van der Waals surface area contributed by atoms with E-state index in [9.17, 15) is 0 Å². The van der Waals surface area contributed by atoms with Crippen LogP contribution in [0.2, 0.25) is 0 Å². The first-order valence-electron chi connectivity index (χ1n) is 7.61. The minimum atomic E-state index is -0.0663. The Labute approximate surface area is 123 Å². The van der Waals surface area contributed by atoms with E-state index < -0.39 is 0 Å². The predicted octanol–water partition coefficient (Wildman–Crippen LogP) is 4.15. The molecule has 0 aliphatic carbocycles. The van der Waals surface area contributed by atoms with Gasteiger partial charge in [0.25, 0.3) is 0 Å². The first-order valence-corrected chi connectivity index (χ1v) is 7.61. The van der Waals surface area contributed by atoms with E-state index in [0.29, 0.717) is 0 Å². The normalized spacial score (nSPS) is 20.9. The van der Waals surface area contributed by atoms with E-state index in [1.54, 1.807) is 0 Å². The first-order chi connectivity index (χ1) is 10.3. The first kappa shape index (κ1) is 12.9. The largest absolute Gasteiger partial charge is 0.456 e. The van der Waals surface area contributed by atoms with Crippen LogP contribution in [0.25, 0.3) is 21.9 Å². The molecule has 2 heterocycles. The molecule has 1 aromatic heterocycles. The van der Waals surface area contributed by atoms with Crippen molar-refractivity contribution in [2.45, 2.75) is 31.4 Å². The summed E-state index contributed by atoms with van der Waals surface area (Å²) in [5, 5.41) is 2.28. The highest BCUT2D eigenvalue weighted by Gasteiger charge is 2.23. The van der Waals surface area contributed by atoms with Crippen molar-refractivity contribution in [2.75, 3.05) is 6.61 Å². The fourth-order valence-electron chi connectivity index (χ4n) is 3.21. The van der Waals surface area contributed by atoms with E-state index in [-0.39, 0.29) is 12.1 Å². The van der Waals surface area contributed by atoms with Gasteiger partial charge in [-0.25, -0.2) is 0 Å². The lowest BCUT2D eigenvalue weighted by molar-refractivity contribution is 0.0000359. The Bertz CT molecular complexity index is 771. The van der Waals surface area contributed by atoms with Crippen molar-refractivity contribution in [3.8, 4) is 0 Å². The van der Waals surface area contributed by atoms with E-state index in [1.165, 1.54) is 6.42 Å². The third-order valence-electron chi connectivity index (χ3n) is 4.40. The van der Waals surface area contributed by atoms with Crippen LogP contribution in [0, 0.1) is 0 Å². The second-order valence-corrected chi connectivity index (χ2v) is 5.78. The molecule has 0 bridgehead atoms. The molecule has 0 saturated carbocycles. The van der Waals surface area contributed by atoms with Gasteiger partial charge in [-0.05, 0) is 43.0 Å². The molecule has 1 saturated heterocycles. The molecule has 3 heteroatoms. The number of furan rings is 1. The van der Waals surface area contributed by atoms with Gasteiger partial charge in [0, 0.05) is 17.4 Å². The summed E-state index contributed by atoms with van der Waals surface area (Å²) in [5.41, 5.74) is 9.38. The van der Waals surface area contributed by atoms with Gasteiger partial charge in [-0.15, -0.1) is 0 Å². The number of nitrogens with two attached hydrogens (primary N) is 1. The Morgan fingerprint density at radius 2 is 1.86 bits per heavy atom. The number of hydrogen-bond donors (Lipinski definition) is 1. The summed E-state index contributed by atoms with van der Waals surface area (Å²) in [4.78, 5) is 0. The highest BCUT2D eigenvalue weighted by atomic mass is 16.5. The van der Waals surface area contributed by atoms with E-state index in [1.807, 2.05) is 24.3 Å². The smallest absolute Gasteiger partial charge is 0.135 e. The molecule has 2 unspecified atom stereocenters. The molecule has 1 aliphatic rings. The zero-order valence-electron chi connectivity index (χ0n) is 11.9. The number of para-hydroxylation sites is 1. The summed E-state index contributed by atoms with van der Waals surface area (Å²) in [7, 11) is 0. The van der Waals surface area contributed by atoms with Gasteiger partial charge in [0.15, 0.2) is 0 Å². The topological polar surface area (TPSA) is 48.4 Å². The lowest BCUT2D eigenvalue weighted by Gasteiger charge is -2.28. The molecule has 4 rings (SSSR count). The van der Waals surface area contributed by atoms with Crippen molar-refractivity contribution in [3.63, 3.8) is 0 Å². The predicted molar refractivity (Wildman–Crippen MR) is 84.2 cm³/mol. The van der Waals surface area contributed by atoms with Gasteiger partial charge in [-0.1, -0.05) is 24.3 Å². The fourth-order valence-corrected chi connectivity index (χ4v) is 3.21. The summed E-state index contributed by atoms with van der Waals surface area (Å²) in [5.74, 6) is 0. The molecular formula is C18H19NO2. The maximum atomic E-state index is 6.42. The Balaban J connectivity index is 1.76. The molecule has 3 nitrogen and oxygen atoms in total. The molecule has 21 heavy (non-hydrogen) atoms. The molecule has 0 amide bonds. The molecule has 2 N–H and O–H groups in total. The van der Waals surface area contributed by atoms with Crippen LogP contribution in [0.5, 0.6) is 0 Å². The molecule has 0 radical (unpaired) electrons. The van der Waals surface area contributed by atoms with E-state index in [0.717, 1.165) is 47.0 Å². The lowest BCUT2D eigenvalue weighted by Crippen LogP contribution is -2.31. The van der Waals surface area contributed by atoms with E-state index in [4.69, 9.17) is 14.9 Å². The van der Waals surface area contributed by atoms with E-state index >= 15 is 0 Å². The van der Waals surface area contributed by atoms with Crippen LogP contribution < -0.4 is 5.73 Å². The molecule has 0 spiro atoms. The summed E-state index contributed by atoms with van der Waals surface area (Å²) in [6.45, 7) is 0.829. The second-order valence-electron chi connectivity index (χ2n) is 5.78. The lowest BCUT2D eigenvalue weighted by atomic mass is 9.95. The number of hydrogen-bond acceptors (Lipinski definition) is 3. The third-order valence-corrected chi connectivity index (χ3v) is 4.40. The molecule has 3 aromatic rings. The minimum Gasteiger partial charge on any atom is -0.456 e. The van der Waals surface area contributed by atoms with Crippen molar-refractivity contribution < 1.29 is 9.15 Å². The summed E-state index contributed by atoms with van der Waals surface area (Å²) in [6.07, 6.45) is 3.53. The Morgan fingerprint density at radius 1 is 1.00 bits per heavy atom. The fraction of sp³-hybridized carbons (Fsp3) is 0.333. The van der Waals surface area contributed by atoms with Crippen molar-refractivity contribution in [2.24, 2.45) is 5.73 Å². The number of benzene rings is 2. The van der Waals surface area contributed by atoms with E-state index in [2.05, 4.69) is 18.2 Å². The van der Waals surface area contributed by atoms with Crippen LogP contribution in [0.4, 0.5) is 0 Å². The maximum Gasteiger partial charge on any atom is 0.135 e. The van der Waals surface area contributed by atoms with Gasteiger partial charge in [0.2, 0.25) is 0 Å². The van der Waals surface area contributed by atoms with Gasteiger partial charge in [-0.2, -0.15) is 0 Å². The van der Waals surface area contributed by atoms with Crippen LogP contribution in [0.1, 0.15) is 30.9 Å². The van der Waals surface area contributed by atoms with Crippen LogP contribution in [0.15, 0.2) is 46.9 Å². The third kappa shape index (κ3) is 2.23. The highest BCUT2D eigenvalue weighted by Crippen LogP contribution is 2.32. The Kier molecular flexibility index (Phi) is 3.17. The Morgan fingerprint density at radius 3 is 2.71 bits per heavy atom. The molecule has 1 fully saturated rings. The van der Waals surface area contributed by atoms with Gasteiger partial charge in [0.1, 0.15) is 11.2 Å². The SMILES string of the molecule is NC(c1ccc2oc3ccccc3c2c1)C1CCCCO1. The number of rotatable bonds is 2. The van der Waals surface area contributed by atoms with Crippen molar-refractivity contribution in [3.05, 3.63) is 48.0 Å². The standard InChI is InChI=1S/C18H19NO2/c19-18(17-7-3-4-10-20-17)12-8-9-16-14(11-12)13-5-1-2-6-15(13)21-16/h1-2,5-6,8-9,11,17-18H,3-4,7,10,19H2. The molecule has 1 aliphatic heterocycles. The summed E-state index contributed by atoms with van der Waals surface area (Å²) < 4.78 is 11.7. The van der Waals surface area contributed by atoms with Crippen LogP contribution >= 0.6 is 0 Å². The number of ether oxygens (including phenoxy) is 1. The molecule has 2 atom stereocenters. The summed E-state index contributed by atoms with van der Waals surface area (Å²) in [6, 6.07) is 14.3. The van der Waals surface area contributed by atoms with Crippen molar-refractivity contribution in [1.82, 2.24) is 0 Å². The van der Waals surface area contributed by atoms with Crippen LogP contribution in [-0.4, -0.2) is 12.7 Å². The maximum absolute atomic E-state index is 6.42. The van der Waals surface area contributed by atoms with Crippen molar-refractivity contribution >= 4 is 21.9 Å². The van der Waals surface area contributed by atoms with Gasteiger partial charge in [0.05, 0.1) is 12.1 Å². The van der Waals surface area contributed by atoms with Gasteiger partial charge >= 0.3 is 0 Å². The zero-order valence-corrected chi connectivity index (χ0v) is 11.9. The Hall–Kier alpha value is -1.84. The van der Waals surface area contributed by atoms with Gasteiger partial charge in [-0.3, -0.25) is 0 Å². The molecule has 108 valence electrons. The monoisotopic (exact) mass is 281 g/mol. The second kappa shape index (κ2) is 5.17. The minimum absolute atomic E-state index is 0.0663. The van der Waals surface area contributed by atoms with Crippen LogP contribution in [-0.2, 0) is 4.74 Å². The number of fused-ring (bicyclic) bond motifs is 3. The zero-order chi connectivity index (χ0) is 14.2. The molecular weight excluding hydrogens is 262 g/mol. The highest BCUT2D eigenvalue weighted by molar-refractivity contribution is 6.05. The van der Waals surface area contributed by atoms with Gasteiger partial charge < -0.3 is 14.9 Å². The van der Waals surface area contributed by atoms with Crippen molar-refractivity contribution in [1.29, 1.82) is 0 Å².